The lowest BCUT2D eigenvalue weighted by molar-refractivity contribution is -0.139. The van der Waals surface area contributed by atoms with Crippen LogP contribution in [0, 0.1) is 23.7 Å². The van der Waals surface area contributed by atoms with Crippen LogP contribution < -0.4 is 0 Å². The van der Waals surface area contributed by atoms with Crippen molar-refractivity contribution in [3.8, 4) is 0 Å². The third kappa shape index (κ3) is 0.783. The highest BCUT2D eigenvalue weighted by molar-refractivity contribution is 6.23. The summed E-state index contributed by atoms with van der Waals surface area (Å²) in [5, 5.41) is 0.185. The minimum Gasteiger partial charge on any atom is -0.299 e. The molecule has 4 fully saturated rings. The number of halogens is 1. The van der Waals surface area contributed by atoms with Crippen molar-refractivity contribution < 1.29 is 4.79 Å². The van der Waals surface area contributed by atoms with Gasteiger partial charge in [0.15, 0.2) is 0 Å². The molecule has 4 saturated carbocycles. The molecular weight excluding hydrogens is 172 g/mol. The van der Waals surface area contributed by atoms with E-state index in [0.717, 1.165) is 18.8 Å². The van der Waals surface area contributed by atoms with Gasteiger partial charge in [-0.15, -0.1) is 11.6 Å². The Balaban J connectivity index is 1.98. The summed E-state index contributed by atoms with van der Waals surface area (Å²) in [6.45, 7) is 0. The molecule has 1 nitrogen and oxygen atoms in total. The molecule has 0 saturated heterocycles. The molecule has 0 heterocycles. The fraction of sp³-hybridized carbons (Fsp3) is 0.900. The van der Waals surface area contributed by atoms with Gasteiger partial charge in [0.05, 0.1) is 0 Å². The Bertz CT molecular complexity index is 238. The summed E-state index contributed by atoms with van der Waals surface area (Å²) in [4.78, 5) is 11.7. The van der Waals surface area contributed by atoms with Crippen LogP contribution >= 0.6 is 11.6 Å². The van der Waals surface area contributed by atoms with Gasteiger partial charge in [-0.05, 0) is 37.5 Å². The highest BCUT2D eigenvalue weighted by Gasteiger charge is 2.52. The molecule has 5 atom stereocenters. The van der Waals surface area contributed by atoms with Crippen LogP contribution in [0.25, 0.3) is 0 Å². The van der Waals surface area contributed by atoms with Crippen LogP contribution in [0.15, 0.2) is 0 Å². The number of carbonyl (C=O) groups excluding carboxylic acids is 1. The summed E-state index contributed by atoms with van der Waals surface area (Å²) in [7, 11) is 0. The molecule has 4 bridgehead atoms. The summed E-state index contributed by atoms with van der Waals surface area (Å²) >= 11 is 6.24. The molecule has 0 N–H and O–H groups in total. The van der Waals surface area contributed by atoms with E-state index >= 15 is 0 Å². The maximum absolute atomic E-state index is 11.7. The first-order chi connectivity index (χ1) is 5.75. The van der Waals surface area contributed by atoms with E-state index in [1.807, 2.05) is 0 Å². The number of hydrogen-bond donors (Lipinski definition) is 0. The summed E-state index contributed by atoms with van der Waals surface area (Å²) in [5.41, 5.74) is 0. The second kappa shape index (κ2) is 2.25. The van der Waals surface area contributed by atoms with Gasteiger partial charge in [0.1, 0.15) is 5.78 Å². The molecule has 0 unspecified atom stereocenters. The largest absolute Gasteiger partial charge is 0.299 e. The van der Waals surface area contributed by atoms with E-state index in [1.165, 1.54) is 12.8 Å². The van der Waals surface area contributed by atoms with Crippen LogP contribution in [-0.4, -0.2) is 11.2 Å². The van der Waals surface area contributed by atoms with Crippen LogP contribution in [0.2, 0.25) is 0 Å². The molecule has 0 aromatic heterocycles. The number of hydrogen-bond acceptors (Lipinski definition) is 1. The molecular formula is C10H13ClO. The molecule has 0 spiro atoms. The van der Waals surface area contributed by atoms with Gasteiger partial charge in [-0.25, -0.2) is 0 Å². The van der Waals surface area contributed by atoms with Gasteiger partial charge in [0.25, 0.3) is 0 Å². The molecule has 2 heteroatoms. The van der Waals surface area contributed by atoms with Crippen LogP contribution in [0.5, 0.6) is 0 Å². The van der Waals surface area contributed by atoms with Crippen molar-refractivity contribution in [2.75, 3.05) is 0 Å². The highest BCUT2D eigenvalue weighted by Crippen LogP contribution is 2.53. The predicted octanol–water partition coefficient (Wildman–Crippen LogP) is 2.23. The smallest absolute Gasteiger partial charge is 0.140 e. The molecule has 0 aromatic rings. The fourth-order valence-electron chi connectivity index (χ4n) is 3.56. The van der Waals surface area contributed by atoms with Gasteiger partial charge >= 0.3 is 0 Å². The van der Waals surface area contributed by atoms with Crippen LogP contribution in [0.4, 0.5) is 0 Å². The van der Waals surface area contributed by atoms with Gasteiger partial charge in [0.2, 0.25) is 0 Å². The molecule has 12 heavy (non-hydrogen) atoms. The maximum atomic E-state index is 11.7. The minimum atomic E-state index is 0.185. The van der Waals surface area contributed by atoms with Crippen LogP contribution in [-0.2, 0) is 4.79 Å². The molecule has 66 valence electrons. The topological polar surface area (TPSA) is 17.1 Å². The highest BCUT2D eigenvalue weighted by atomic mass is 35.5. The Morgan fingerprint density at radius 3 is 2.83 bits per heavy atom. The van der Waals surface area contributed by atoms with Crippen LogP contribution in [0.3, 0.4) is 0 Å². The molecule has 4 aliphatic carbocycles. The normalized spacial score (nSPS) is 56.4. The average Bonchev–Trinajstić information content (AvgIpc) is 2.07. The van der Waals surface area contributed by atoms with Crippen molar-refractivity contribution in [3.63, 3.8) is 0 Å². The number of Topliss-reactive ketones (excluding diaryl/α,β-unsaturated/α-hetero) is 1. The second-order valence-corrected chi connectivity index (χ2v) is 5.22. The Labute approximate surface area is 77.5 Å². The van der Waals surface area contributed by atoms with Gasteiger partial charge < -0.3 is 0 Å². The molecule has 4 rings (SSSR count). The van der Waals surface area contributed by atoms with E-state index in [0.29, 0.717) is 17.6 Å². The lowest BCUT2D eigenvalue weighted by atomic mass is 9.55. The standard InChI is InChI=1S/C10H13ClO/c11-9-6-1-5-2-7(4-6)10(12)8(9)3-5/h5-9H,1-4H2/t5-,6+,7+,8-,9-/m1/s1. The SMILES string of the molecule is O=C1[C@H]2C[C@H]3C[C@@H](C2)[C@@H](Cl)[C@H]1C3. The maximum Gasteiger partial charge on any atom is 0.140 e. The van der Waals surface area contributed by atoms with Gasteiger partial charge in [-0.2, -0.15) is 0 Å². The van der Waals surface area contributed by atoms with Crippen molar-refractivity contribution in [3.05, 3.63) is 0 Å². The van der Waals surface area contributed by atoms with Gasteiger partial charge in [0, 0.05) is 17.2 Å². The van der Waals surface area contributed by atoms with Crippen molar-refractivity contribution >= 4 is 17.4 Å². The van der Waals surface area contributed by atoms with Gasteiger partial charge in [-0.3, -0.25) is 4.79 Å². The summed E-state index contributed by atoms with van der Waals surface area (Å²) in [6, 6.07) is 0. The van der Waals surface area contributed by atoms with Crippen molar-refractivity contribution in [2.24, 2.45) is 23.7 Å². The lowest BCUT2D eigenvalue weighted by Gasteiger charge is -2.51. The Morgan fingerprint density at radius 2 is 2.00 bits per heavy atom. The first-order valence-electron chi connectivity index (χ1n) is 4.93. The Kier molecular flexibility index (Phi) is 1.39. The molecule has 0 amide bonds. The number of rotatable bonds is 0. The van der Waals surface area contributed by atoms with E-state index < -0.39 is 0 Å². The predicted molar refractivity (Wildman–Crippen MR) is 47.1 cm³/mol. The molecule has 0 aliphatic heterocycles. The zero-order chi connectivity index (χ0) is 8.29. The molecule has 0 radical (unpaired) electrons. The number of ketones is 1. The Morgan fingerprint density at radius 1 is 1.17 bits per heavy atom. The van der Waals surface area contributed by atoms with E-state index in [4.69, 9.17) is 11.6 Å². The zero-order valence-electron chi connectivity index (χ0n) is 7.00. The lowest BCUT2D eigenvalue weighted by Crippen LogP contribution is -2.51. The molecule has 0 aromatic carbocycles. The van der Waals surface area contributed by atoms with Crippen molar-refractivity contribution in [1.82, 2.24) is 0 Å². The third-order valence-corrected chi connectivity index (χ3v) is 4.69. The fourth-order valence-corrected chi connectivity index (χ4v) is 4.00. The summed E-state index contributed by atoms with van der Waals surface area (Å²) in [5.74, 6) is 2.64. The second-order valence-electron chi connectivity index (χ2n) is 4.72. The van der Waals surface area contributed by atoms with E-state index in [2.05, 4.69) is 0 Å². The van der Waals surface area contributed by atoms with Crippen molar-refractivity contribution in [1.29, 1.82) is 0 Å². The summed E-state index contributed by atoms with van der Waals surface area (Å²) < 4.78 is 0. The Hall–Kier alpha value is -0.0400. The first kappa shape index (κ1) is 7.37. The third-order valence-electron chi connectivity index (χ3n) is 4.03. The number of alkyl halides is 1. The average molecular weight is 185 g/mol. The summed E-state index contributed by atoms with van der Waals surface area (Å²) in [6.07, 6.45) is 4.67. The molecule has 4 aliphatic rings. The monoisotopic (exact) mass is 184 g/mol. The quantitative estimate of drug-likeness (QED) is 0.528. The van der Waals surface area contributed by atoms with Crippen molar-refractivity contribution in [2.45, 2.75) is 31.1 Å². The number of carbonyl (C=O) groups is 1. The zero-order valence-corrected chi connectivity index (χ0v) is 7.76. The minimum absolute atomic E-state index is 0.185. The van der Waals surface area contributed by atoms with E-state index in [-0.39, 0.29) is 11.3 Å². The van der Waals surface area contributed by atoms with Gasteiger partial charge in [-0.1, -0.05) is 0 Å². The van der Waals surface area contributed by atoms with Crippen LogP contribution in [0.1, 0.15) is 25.7 Å². The van der Waals surface area contributed by atoms with E-state index in [1.54, 1.807) is 0 Å². The van der Waals surface area contributed by atoms with E-state index in [9.17, 15) is 4.79 Å². The first-order valence-corrected chi connectivity index (χ1v) is 5.37.